The maximum Gasteiger partial charge on any atom is 0.319 e. The Morgan fingerprint density at radius 1 is 1.25 bits per heavy atom. The van der Waals surface area contributed by atoms with Gasteiger partial charge in [0.1, 0.15) is 9.84 Å². The van der Waals surface area contributed by atoms with Crippen molar-refractivity contribution in [3.05, 3.63) is 27.7 Å². The van der Waals surface area contributed by atoms with Crippen LogP contribution in [0.15, 0.2) is 12.1 Å². The topological polar surface area (TPSA) is 75.3 Å². The lowest BCUT2D eigenvalue weighted by atomic mass is 10.2. The molecular formula is C12H16Cl2N2O3S. The van der Waals surface area contributed by atoms with E-state index in [9.17, 15) is 13.2 Å². The molecular weight excluding hydrogens is 323 g/mol. The second-order valence-electron chi connectivity index (χ2n) is 4.43. The summed E-state index contributed by atoms with van der Waals surface area (Å²) in [6, 6.07) is 2.76. The van der Waals surface area contributed by atoms with Gasteiger partial charge in [0.2, 0.25) is 0 Å². The monoisotopic (exact) mass is 338 g/mol. The summed E-state index contributed by atoms with van der Waals surface area (Å²) in [4.78, 5) is 11.6. The SMILES string of the molecule is Cc1c(Cl)cc(NC(=O)NCCCS(C)(=O)=O)cc1Cl. The standard InChI is InChI=1S/C12H16Cl2N2O3S/c1-8-10(13)6-9(7-11(8)14)16-12(17)15-4-3-5-20(2,18)19/h6-7H,3-5H2,1-2H3,(H2,15,16,17). The molecule has 0 saturated heterocycles. The number of rotatable bonds is 5. The maximum absolute atomic E-state index is 11.6. The third-order valence-corrected chi connectivity index (χ3v) is 4.33. The number of hydrogen-bond acceptors (Lipinski definition) is 3. The van der Waals surface area contributed by atoms with Crippen LogP contribution in [0.2, 0.25) is 10.0 Å². The van der Waals surface area contributed by atoms with E-state index in [1.807, 2.05) is 0 Å². The van der Waals surface area contributed by atoms with Gasteiger partial charge in [0, 0.05) is 28.5 Å². The van der Waals surface area contributed by atoms with Crippen LogP contribution in [0.1, 0.15) is 12.0 Å². The summed E-state index contributed by atoms with van der Waals surface area (Å²) < 4.78 is 21.8. The van der Waals surface area contributed by atoms with Gasteiger partial charge in [-0.25, -0.2) is 13.2 Å². The molecule has 5 nitrogen and oxygen atoms in total. The van der Waals surface area contributed by atoms with Gasteiger partial charge in [-0.05, 0) is 31.0 Å². The summed E-state index contributed by atoms with van der Waals surface area (Å²) in [6.07, 6.45) is 1.52. The minimum absolute atomic E-state index is 0.0372. The van der Waals surface area contributed by atoms with E-state index in [0.717, 1.165) is 11.8 Å². The Kier molecular flexibility index (Phi) is 6.10. The van der Waals surface area contributed by atoms with Gasteiger partial charge in [0.05, 0.1) is 5.75 Å². The quantitative estimate of drug-likeness (QED) is 0.810. The summed E-state index contributed by atoms with van der Waals surface area (Å²) in [5.74, 6) is 0.0372. The van der Waals surface area contributed by atoms with Crippen molar-refractivity contribution >= 4 is 44.8 Å². The van der Waals surface area contributed by atoms with Crippen molar-refractivity contribution < 1.29 is 13.2 Å². The number of nitrogens with one attached hydrogen (secondary N) is 2. The van der Waals surface area contributed by atoms with Crippen molar-refractivity contribution in [1.82, 2.24) is 5.32 Å². The lowest BCUT2D eigenvalue weighted by molar-refractivity contribution is 0.252. The molecule has 0 unspecified atom stereocenters. The first-order valence-electron chi connectivity index (χ1n) is 5.87. The van der Waals surface area contributed by atoms with Crippen LogP contribution in [0.3, 0.4) is 0 Å². The fraction of sp³-hybridized carbons (Fsp3) is 0.417. The predicted octanol–water partition coefficient (Wildman–Crippen LogP) is 2.86. The van der Waals surface area contributed by atoms with E-state index < -0.39 is 15.9 Å². The molecule has 0 heterocycles. The molecule has 0 aromatic heterocycles. The van der Waals surface area contributed by atoms with Gasteiger partial charge in [0.15, 0.2) is 0 Å². The summed E-state index contributed by atoms with van der Waals surface area (Å²) in [5, 5.41) is 6.06. The lowest BCUT2D eigenvalue weighted by Crippen LogP contribution is -2.30. The third-order valence-electron chi connectivity index (χ3n) is 2.52. The highest BCUT2D eigenvalue weighted by Gasteiger charge is 2.07. The highest BCUT2D eigenvalue weighted by Crippen LogP contribution is 2.27. The molecule has 0 atom stereocenters. The van der Waals surface area contributed by atoms with Gasteiger partial charge >= 0.3 is 6.03 Å². The average molecular weight is 339 g/mol. The predicted molar refractivity (Wildman–Crippen MR) is 82.5 cm³/mol. The first kappa shape index (κ1) is 17.1. The van der Waals surface area contributed by atoms with Gasteiger partial charge in [-0.1, -0.05) is 23.2 Å². The molecule has 1 rings (SSSR count). The Hall–Kier alpha value is -0.980. The number of sulfone groups is 1. The van der Waals surface area contributed by atoms with Crippen LogP contribution < -0.4 is 10.6 Å². The minimum atomic E-state index is -3.00. The highest BCUT2D eigenvalue weighted by atomic mass is 35.5. The summed E-state index contributed by atoms with van der Waals surface area (Å²) in [6.45, 7) is 2.05. The molecule has 0 saturated carbocycles. The number of urea groups is 1. The normalized spacial score (nSPS) is 11.2. The van der Waals surface area contributed by atoms with Crippen molar-refractivity contribution in [2.45, 2.75) is 13.3 Å². The zero-order valence-corrected chi connectivity index (χ0v) is 13.5. The summed E-state index contributed by atoms with van der Waals surface area (Å²) in [7, 11) is -3.00. The molecule has 0 bridgehead atoms. The van der Waals surface area contributed by atoms with Crippen LogP contribution in [0.4, 0.5) is 10.5 Å². The number of benzene rings is 1. The fourth-order valence-electron chi connectivity index (χ4n) is 1.43. The van der Waals surface area contributed by atoms with Gasteiger partial charge in [0.25, 0.3) is 0 Å². The van der Waals surface area contributed by atoms with E-state index in [2.05, 4.69) is 10.6 Å². The van der Waals surface area contributed by atoms with Gasteiger partial charge in [-0.15, -0.1) is 0 Å². The Labute approximate surface area is 128 Å². The van der Waals surface area contributed by atoms with Crippen LogP contribution >= 0.6 is 23.2 Å². The number of anilines is 1. The number of halogens is 2. The minimum Gasteiger partial charge on any atom is -0.338 e. The molecule has 2 N–H and O–H groups in total. The Bertz CT molecular complexity index is 580. The smallest absolute Gasteiger partial charge is 0.319 e. The number of amides is 2. The molecule has 20 heavy (non-hydrogen) atoms. The van der Waals surface area contributed by atoms with Crippen LogP contribution in [-0.2, 0) is 9.84 Å². The zero-order valence-electron chi connectivity index (χ0n) is 11.2. The van der Waals surface area contributed by atoms with E-state index in [1.54, 1.807) is 19.1 Å². The van der Waals surface area contributed by atoms with Crippen molar-refractivity contribution in [3.63, 3.8) is 0 Å². The van der Waals surface area contributed by atoms with Crippen molar-refractivity contribution in [2.24, 2.45) is 0 Å². The Morgan fingerprint density at radius 3 is 2.30 bits per heavy atom. The molecule has 112 valence electrons. The van der Waals surface area contributed by atoms with E-state index >= 15 is 0 Å². The van der Waals surface area contributed by atoms with Crippen molar-refractivity contribution in [1.29, 1.82) is 0 Å². The molecule has 1 aromatic rings. The molecule has 0 spiro atoms. The third kappa shape index (κ3) is 5.98. The second kappa shape index (κ2) is 7.15. The molecule has 0 aliphatic rings. The Morgan fingerprint density at radius 2 is 1.80 bits per heavy atom. The van der Waals surface area contributed by atoms with Crippen LogP contribution in [-0.4, -0.2) is 33.0 Å². The molecule has 8 heteroatoms. The van der Waals surface area contributed by atoms with Gasteiger partial charge in [-0.2, -0.15) is 0 Å². The average Bonchev–Trinajstić information content (AvgIpc) is 2.30. The largest absolute Gasteiger partial charge is 0.338 e. The second-order valence-corrected chi connectivity index (χ2v) is 7.50. The number of carbonyl (C=O) groups is 1. The zero-order chi connectivity index (χ0) is 15.3. The Balaban J connectivity index is 2.47. The van der Waals surface area contributed by atoms with Gasteiger partial charge < -0.3 is 10.6 Å². The van der Waals surface area contributed by atoms with Crippen molar-refractivity contribution in [2.75, 3.05) is 23.9 Å². The van der Waals surface area contributed by atoms with Crippen LogP contribution in [0, 0.1) is 6.92 Å². The molecule has 0 fully saturated rings. The first-order chi connectivity index (χ1) is 9.19. The molecule has 0 aliphatic carbocycles. The van der Waals surface area contributed by atoms with Gasteiger partial charge in [-0.3, -0.25) is 0 Å². The number of hydrogen-bond donors (Lipinski definition) is 2. The molecule has 0 radical (unpaired) electrons. The molecule has 0 aliphatic heterocycles. The molecule has 2 amide bonds. The first-order valence-corrected chi connectivity index (χ1v) is 8.69. The van der Waals surface area contributed by atoms with Crippen LogP contribution in [0.5, 0.6) is 0 Å². The van der Waals surface area contributed by atoms with E-state index in [4.69, 9.17) is 23.2 Å². The van der Waals surface area contributed by atoms with E-state index in [0.29, 0.717) is 22.2 Å². The van der Waals surface area contributed by atoms with E-state index in [1.165, 1.54) is 0 Å². The van der Waals surface area contributed by atoms with Crippen LogP contribution in [0.25, 0.3) is 0 Å². The van der Waals surface area contributed by atoms with E-state index in [-0.39, 0.29) is 12.3 Å². The summed E-state index contributed by atoms with van der Waals surface area (Å²) >= 11 is 11.9. The summed E-state index contributed by atoms with van der Waals surface area (Å²) in [5.41, 5.74) is 1.22. The fourth-order valence-corrected chi connectivity index (χ4v) is 2.58. The lowest BCUT2D eigenvalue weighted by Gasteiger charge is -2.09. The van der Waals surface area contributed by atoms with Crippen molar-refractivity contribution in [3.8, 4) is 0 Å². The highest BCUT2D eigenvalue weighted by molar-refractivity contribution is 7.90. The number of carbonyl (C=O) groups excluding carboxylic acids is 1. The molecule has 1 aromatic carbocycles. The maximum atomic E-state index is 11.6.